The Morgan fingerprint density at radius 1 is 1.19 bits per heavy atom. The summed E-state index contributed by atoms with van der Waals surface area (Å²) < 4.78 is 5.11. The minimum atomic E-state index is -0.914. The Balaban J connectivity index is 1.92. The number of hydrogen-bond acceptors (Lipinski definition) is 5. The molecule has 0 radical (unpaired) electrons. The van der Waals surface area contributed by atoms with E-state index in [1.807, 2.05) is 18.4 Å². The normalized spacial score (nSPS) is 11.5. The van der Waals surface area contributed by atoms with E-state index in [-0.39, 0.29) is 12.2 Å². The van der Waals surface area contributed by atoms with Crippen LogP contribution in [0.4, 0.5) is 5.69 Å². The Morgan fingerprint density at radius 3 is 2.50 bits per heavy atom. The van der Waals surface area contributed by atoms with Crippen LogP contribution in [0.15, 0.2) is 47.4 Å². The summed E-state index contributed by atoms with van der Waals surface area (Å²) >= 11 is 7.48. The molecule has 2 aromatic carbocycles. The fourth-order valence-corrected chi connectivity index (χ4v) is 2.75. The molecule has 0 unspecified atom stereocenters. The molecule has 1 atom stereocenters. The molecule has 0 aromatic heterocycles. The van der Waals surface area contributed by atoms with Gasteiger partial charge in [0, 0.05) is 16.5 Å². The molecule has 0 heterocycles. The molecule has 0 aliphatic heterocycles. The number of anilines is 1. The number of rotatable bonds is 6. The highest BCUT2D eigenvalue weighted by molar-refractivity contribution is 7.98. The van der Waals surface area contributed by atoms with Gasteiger partial charge in [-0.2, -0.15) is 0 Å². The van der Waals surface area contributed by atoms with Gasteiger partial charge in [0.25, 0.3) is 0 Å². The highest BCUT2D eigenvalue weighted by Crippen LogP contribution is 2.27. The number of amides is 2. The van der Waals surface area contributed by atoms with Crippen LogP contribution in [0.5, 0.6) is 5.75 Å². The molecule has 2 rings (SSSR count). The largest absolute Gasteiger partial charge is 0.495 e. The van der Waals surface area contributed by atoms with Crippen molar-refractivity contribution in [1.82, 2.24) is 5.32 Å². The number of aliphatic hydroxyl groups is 1. The van der Waals surface area contributed by atoms with Crippen molar-refractivity contribution < 1.29 is 19.4 Å². The maximum atomic E-state index is 12.0. The second-order valence-corrected chi connectivity index (χ2v) is 6.61. The van der Waals surface area contributed by atoms with Gasteiger partial charge < -0.3 is 20.5 Å². The SMILES string of the molecule is COc1ccc(Cl)cc1NC(=O)C(=O)NC[C@H](O)c1ccc(SC)cc1. The lowest BCUT2D eigenvalue weighted by molar-refractivity contribution is -0.136. The maximum Gasteiger partial charge on any atom is 0.313 e. The fourth-order valence-electron chi connectivity index (χ4n) is 2.17. The molecule has 0 aliphatic rings. The molecule has 0 bridgehead atoms. The quantitative estimate of drug-likeness (QED) is 0.518. The second kappa shape index (κ2) is 9.47. The summed E-state index contributed by atoms with van der Waals surface area (Å²) in [5.41, 5.74) is 0.938. The lowest BCUT2D eigenvalue weighted by atomic mass is 10.1. The zero-order valence-corrected chi connectivity index (χ0v) is 15.9. The third-order valence-corrected chi connectivity index (χ3v) is 4.55. The van der Waals surface area contributed by atoms with Crippen molar-refractivity contribution in [3.05, 3.63) is 53.1 Å². The van der Waals surface area contributed by atoms with E-state index < -0.39 is 17.9 Å². The molecule has 3 N–H and O–H groups in total. The van der Waals surface area contributed by atoms with E-state index in [0.717, 1.165) is 4.90 Å². The Morgan fingerprint density at radius 2 is 1.88 bits per heavy atom. The van der Waals surface area contributed by atoms with Crippen molar-refractivity contribution >= 4 is 40.9 Å². The summed E-state index contributed by atoms with van der Waals surface area (Å²) in [5, 5.41) is 15.4. The van der Waals surface area contributed by atoms with E-state index in [4.69, 9.17) is 16.3 Å². The first-order chi connectivity index (χ1) is 12.4. The van der Waals surface area contributed by atoms with Gasteiger partial charge in [0.1, 0.15) is 5.75 Å². The Labute approximate surface area is 160 Å². The van der Waals surface area contributed by atoms with Gasteiger partial charge in [0.15, 0.2) is 0 Å². The first-order valence-electron chi connectivity index (χ1n) is 7.69. The van der Waals surface area contributed by atoms with Gasteiger partial charge in [0.2, 0.25) is 0 Å². The van der Waals surface area contributed by atoms with Crippen LogP contribution in [0.3, 0.4) is 0 Å². The highest BCUT2D eigenvalue weighted by atomic mass is 35.5. The van der Waals surface area contributed by atoms with E-state index >= 15 is 0 Å². The number of benzene rings is 2. The molecular weight excluding hydrogens is 376 g/mol. The van der Waals surface area contributed by atoms with Gasteiger partial charge in [-0.05, 0) is 42.2 Å². The van der Waals surface area contributed by atoms with Crippen molar-refractivity contribution in [2.24, 2.45) is 0 Å². The Kier molecular flexibility index (Phi) is 7.32. The van der Waals surface area contributed by atoms with Gasteiger partial charge in [0.05, 0.1) is 18.9 Å². The van der Waals surface area contributed by atoms with Gasteiger partial charge in [-0.1, -0.05) is 23.7 Å². The molecule has 0 aliphatic carbocycles. The molecule has 2 aromatic rings. The van der Waals surface area contributed by atoms with Crippen molar-refractivity contribution in [2.45, 2.75) is 11.0 Å². The third kappa shape index (κ3) is 5.39. The van der Waals surface area contributed by atoms with Crippen LogP contribution < -0.4 is 15.4 Å². The zero-order valence-electron chi connectivity index (χ0n) is 14.3. The predicted molar refractivity (Wildman–Crippen MR) is 103 cm³/mol. The fraction of sp³-hybridized carbons (Fsp3) is 0.222. The zero-order chi connectivity index (χ0) is 19.1. The lowest BCUT2D eigenvalue weighted by Gasteiger charge is -2.13. The van der Waals surface area contributed by atoms with Crippen LogP contribution in [0, 0.1) is 0 Å². The number of carbonyl (C=O) groups excluding carboxylic acids is 2. The highest BCUT2D eigenvalue weighted by Gasteiger charge is 2.17. The first-order valence-corrected chi connectivity index (χ1v) is 9.29. The van der Waals surface area contributed by atoms with Crippen LogP contribution in [0.1, 0.15) is 11.7 Å². The van der Waals surface area contributed by atoms with E-state index in [9.17, 15) is 14.7 Å². The number of nitrogens with one attached hydrogen (secondary N) is 2. The van der Waals surface area contributed by atoms with Crippen LogP contribution in [-0.2, 0) is 9.59 Å². The van der Waals surface area contributed by atoms with Crippen molar-refractivity contribution in [1.29, 1.82) is 0 Å². The molecule has 0 saturated carbocycles. The average molecular weight is 395 g/mol. The molecule has 0 saturated heterocycles. The van der Waals surface area contributed by atoms with Gasteiger partial charge in [-0.15, -0.1) is 11.8 Å². The summed E-state index contributed by atoms with van der Waals surface area (Å²) in [6, 6.07) is 12.0. The molecule has 8 heteroatoms. The number of carbonyl (C=O) groups is 2. The summed E-state index contributed by atoms with van der Waals surface area (Å²) in [6.07, 6.45) is 1.04. The van der Waals surface area contributed by atoms with E-state index in [1.165, 1.54) is 13.2 Å². The Bertz CT molecular complexity index is 783. The number of methoxy groups -OCH3 is 1. The van der Waals surface area contributed by atoms with Gasteiger partial charge in [-0.25, -0.2) is 0 Å². The minimum absolute atomic E-state index is 0.0858. The van der Waals surface area contributed by atoms with Crippen molar-refractivity contribution in [2.75, 3.05) is 25.2 Å². The van der Waals surface area contributed by atoms with E-state index in [1.54, 1.807) is 36.0 Å². The standard InChI is InChI=1S/C18H19ClN2O4S/c1-25-16-8-5-12(19)9-14(16)21-18(24)17(23)20-10-15(22)11-3-6-13(26-2)7-4-11/h3-9,15,22H,10H2,1-2H3,(H,20,23)(H,21,24)/t15-/m0/s1. The van der Waals surface area contributed by atoms with Crippen LogP contribution in [-0.4, -0.2) is 36.8 Å². The van der Waals surface area contributed by atoms with Crippen LogP contribution in [0.2, 0.25) is 5.02 Å². The molecule has 0 fully saturated rings. The number of hydrogen-bond donors (Lipinski definition) is 3. The lowest BCUT2D eigenvalue weighted by Crippen LogP contribution is -2.37. The molecule has 138 valence electrons. The van der Waals surface area contributed by atoms with Crippen molar-refractivity contribution in [3.63, 3.8) is 0 Å². The van der Waals surface area contributed by atoms with Gasteiger partial charge in [-0.3, -0.25) is 9.59 Å². The monoisotopic (exact) mass is 394 g/mol. The number of aliphatic hydroxyl groups excluding tert-OH is 1. The molecule has 6 nitrogen and oxygen atoms in total. The topological polar surface area (TPSA) is 87.7 Å². The Hall–Kier alpha value is -2.22. The second-order valence-electron chi connectivity index (χ2n) is 5.30. The van der Waals surface area contributed by atoms with E-state index in [0.29, 0.717) is 16.3 Å². The summed E-state index contributed by atoms with van der Waals surface area (Å²) in [4.78, 5) is 25.0. The number of thioether (sulfide) groups is 1. The summed E-state index contributed by atoms with van der Waals surface area (Å²) in [7, 11) is 1.44. The first kappa shape index (κ1) is 20.1. The van der Waals surface area contributed by atoms with Crippen LogP contribution in [0.25, 0.3) is 0 Å². The summed E-state index contributed by atoms with van der Waals surface area (Å²) in [6.45, 7) is -0.0858. The maximum absolute atomic E-state index is 12.0. The minimum Gasteiger partial charge on any atom is -0.495 e. The summed E-state index contributed by atoms with van der Waals surface area (Å²) in [5.74, 6) is -1.37. The molecule has 26 heavy (non-hydrogen) atoms. The van der Waals surface area contributed by atoms with E-state index in [2.05, 4.69) is 10.6 Å². The van der Waals surface area contributed by atoms with Crippen LogP contribution >= 0.6 is 23.4 Å². The number of halogens is 1. The average Bonchev–Trinajstić information content (AvgIpc) is 2.66. The third-order valence-electron chi connectivity index (χ3n) is 3.57. The number of ether oxygens (including phenoxy) is 1. The van der Waals surface area contributed by atoms with Gasteiger partial charge >= 0.3 is 11.8 Å². The van der Waals surface area contributed by atoms with Crippen molar-refractivity contribution in [3.8, 4) is 5.75 Å². The molecule has 0 spiro atoms. The predicted octanol–water partition coefficient (Wildman–Crippen LogP) is 2.86. The molecule has 2 amide bonds. The smallest absolute Gasteiger partial charge is 0.313 e. The molecular formula is C18H19ClN2O4S.